The van der Waals surface area contributed by atoms with Crippen LogP contribution in [0.4, 0.5) is 0 Å². The van der Waals surface area contributed by atoms with E-state index in [0.29, 0.717) is 0 Å². The third-order valence-corrected chi connectivity index (χ3v) is 3.71. The van der Waals surface area contributed by atoms with E-state index >= 15 is 0 Å². The van der Waals surface area contributed by atoms with E-state index in [1.165, 1.54) is 16.7 Å². The molecule has 1 unspecified atom stereocenters. The Morgan fingerprint density at radius 1 is 1.44 bits per heavy atom. The number of hydrogen-bond donors (Lipinski definition) is 1. The fourth-order valence-electron chi connectivity index (χ4n) is 2.78. The SMILES string of the molecule is CCCn1ccnc1-c1ccc2c(c1)CCC2N. The highest BCUT2D eigenvalue weighted by Gasteiger charge is 2.19. The molecule has 0 bridgehead atoms. The van der Waals surface area contributed by atoms with Crippen molar-refractivity contribution in [3.05, 3.63) is 41.7 Å². The number of nitrogens with zero attached hydrogens (tertiary/aromatic N) is 2. The van der Waals surface area contributed by atoms with Crippen LogP contribution in [-0.2, 0) is 13.0 Å². The van der Waals surface area contributed by atoms with Gasteiger partial charge in [-0.05, 0) is 36.5 Å². The molecule has 94 valence electrons. The summed E-state index contributed by atoms with van der Waals surface area (Å²) in [5.74, 6) is 1.07. The molecule has 3 heteroatoms. The lowest BCUT2D eigenvalue weighted by molar-refractivity contribution is 0.685. The molecule has 3 rings (SSSR count). The molecule has 18 heavy (non-hydrogen) atoms. The van der Waals surface area contributed by atoms with Crippen LogP contribution in [0.15, 0.2) is 30.6 Å². The summed E-state index contributed by atoms with van der Waals surface area (Å²) in [4.78, 5) is 4.48. The highest BCUT2D eigenvalue weighted by atomic mass is 15.1. The van der Waals surface area contributed by atoms with Crippen molar-refractivity contribution < 1.29 is 0 Å². The fourth-order valence-corrected chi connectivity index (χ4v) is 2.78. The lowest BCUT2D eigenvalue weighted by Crippen LogP contribution is -2.05. The van der Waals surface area contributed by atoms with Crippen LogP contribution < -0.4 is 5.73 Å². The Morgan fingerprint density at radius 2 is 2.33 bits per heavy atom. The van der Waals surface area contributed by atoms with Crippen LogP contribution in [0.5, 0.6) is 0 Å². The summed E-state index contributed by atoms with van der Waals surface area (Å²) in [6.07, 6.45) is 7.22. The fraction of sp³-hybridized carbons (Fsp3) is 0.400. The van der Waals surface area contributed by atoms with E-state index in [1.54, 1.807) is 0 Å². The number of hydrogen-bond acceptors (Lipinski definition) is 2. The third-order valence-electron chi connectivity index (χ3n) is 3.71. The monoisotopic (exact) mass is 241 g/mol. The Bertz CT molecular complexity index is 557. The maximum atomic E-state index is 6.07. The highest BCUT2D eigenvalue weighted by Crippen LogP contribution is 2.32. The average molecular weight is 241 g/mol. The standard InChI is InChI=1S/C15H19N3/c1-2-8-18-9-7-17-15(18)12-3-5-13-11(10-12)4-6-14(13)16/h3,5,7,9-10,14H,2,4,6,8,16H2,1H3. The first-order chi connectivity index (χ1) is 8.79. The zero-order valence-corrected chi connectivity index (χ0v) is 10.8. The normalized spacial score (nSPS) is 18.0. The van der Waals surface area contributed by atoms with Gasteiger partial charge in [0.1, 0.15) is 5.82 Å². The van der Waals surface area contributed by atoms with E-state index in [-0.39, 0.29) is 6.04 Å². The highest BCUT2D eigenvalue weighted by molar-refractivity contribution is 5.59. The first-order valence-electron chi connectivity index (χ1n) is 6.69. The molecule has 1 atom stereocenters. The minimum Gasteiger partial charge on any atom is -0.331 e. The molecule has 0 saturated heterocycles. The second-order valence-electron chi connectivity index (χ2n) is 5.00. The molecule has 0 saturated carbocycles. The molecular weight excluding hydrogens is 222 g/mol. The van der Waals surface area contributed by atoms with Crippen molar-refractivity contribution in [3.63, 3.8) is 0 Å². The van der Waals surface area contributed by atoms with Gasteiger partial charge in [-0.1, -0.05) is 19.1 Å². The van der Waals surface area contributed by atoms with E-state index in [2.05, 4.69) is 40.9 Å². The van der Waals surface area contributed by atoms with Crippen LogP contribution in [0.3, 0.4) is 0 Å². The van der Waals surface area contributed by atoms with Crippen molar-refractivity contribution in [2.24, 2.45) is 5.73 Å². The number of rotatable bonds is 3. The summed E-state index contributed by atoms with van der Waals surface area (Å²) in [5, 5.41) is 0. The first kappa shape index (κ1) is 11.5. The second-order valence-corrected chi connectivity index (χ2v) is 5.00. The maximum Gasteiger partial charge on any atom is 0.139 e. The van der Waals surface area contributed by atoms with Crippen LogP contribution in [0.25, 0.3) is 11.4 Å². The van der Waals surface area contributed by atoms with Crippen molar-refractivity contribution in [3.8, 4) is 11.4 Å². The average Bonchev–Trinajstić information content (AvgIpc) is 2.97. The molecule has 2 aromatic rings. The van der Waals surface area contributed by atoms with E-state index in [0.717, 1.165) is 31.6 Å². The second kappa shape index (κ2) is 4.58. The van der Waals surface area contributed by atoms with Gasteiger partial charge in [0.05, 0.1) is 0 Å². The Labute approximate surface area is 108 Å². The van der Waals surface area contributed by atoms with Crippen molar-refractivity contribution in [2.75, 3.05) is 0 Å². The van der Waals surface area contributed by atoms with Crippen molar-refractivity contribution >= 4 is 0 Å². The van der Waals surface area contributed by atoms with Crippen molar-refractivity contribution in [2.45, 2.75) is 38.8 Å². The molecule has 1 aliphatic rings. The molecule has 0 radical (unpaired) electrons. The van der Waals surface area contributed by atoms with Crippen LogP contribution in [-0.4, -0.2) is 9.55 Å². The van der Waals surface area contributed by atoms with Gasteiger partial charge in [-0.25, -0.2) is 4.98 Å². The van der Waals surface area contributed by atoms with Gasteiger partial charge >= 0.3 is 0 Å². The van der Waals surface area contributed by atoms with E-state index in [9.17, 15) is 0 Å². The number of aromatic nitrogens is 2. The van der Waals surface area contributed by atoms with Crippen molar-refractivity contribution in [1.82, 2.24) is 9.55 Å². The summed E-state index contributed by atoms with van der Waals surface area (Å²) < 4.78 is 2.22. The smallest absolute Gasteiger partial charge is 0.139 e. The summed E-state index contributed by atoms with van der Waals surface area (Å²) in [6.45, 7) is 3.21. The molecule has 1 aliphatic carbocycles. The number of imidazole rings is 1. The Hall–Kier alpha value is -1.61. The number of nitrogens with two attached hydrogens (primary N) is 1. The van der Waals surface area contributed by atoms with Gasteiger partial charge in [-0.15, -0.1) is 0 Å². The molecule has 2 N–H and O–H groups in total. The van der Waals surface area contributed by atoms with Crippen LogP contribution in [0.1, 0.15) is 36.9 Å². The molecule has 0 fully saturated rings. The Kier molecular flexibility index (Phi) is 2.92. The van der Waals surface area contributed by atoms with Crippen LogP contribution in [0.2, 0.25) is 0 Å². The number of aryl methyl sites for hydroxylation is 2. The summed E-state index contributed by atoms with van der Waals surface area (Å²) in [6, 6.07) is 6.81. The summed E-state index contributed by atoms with van der Waals surface area (Å²) >= 11 is 0. The Morgan fingerprint density at radius 3 is 3.17 bits per heavy atom. The number of benzene rings is 1. The van der Waals surface area contributed by atoms with Gasteiger partial charge in [0.25, 0.3) is 0 Å². The molecule has 1 aromatic carbocycles. The predicted molar refractivity (Wildman–Crippen MR) is 73.2 cm³/mol. The Balaban J connectivity index is 2.00. The maximum absolute atomic E-state index is 6.07. The molecule has 1 heterocycles. The van der Waals surface area contributed by atoms with Gasteiger partial charge in [0.15, 0.2) is 0 Å². The lowest BCUT2D eigenvalue weighted by atomic mass is 10.0. The van der Waals surface area contributed by atoms with Gasteiger partial charge in [-0.3, -0.25) is 0 Å². The minimum absolute atomic E-state index is 0.226. The molecule has 1 aromatic heterocycles. The number of fused-ring (bicyclic) bond motifs is 1. The third kappa shape index (κ3) is 1.85. The predicted octanol–water partition coefficient (Wildman–Crippen LogP) is 2.91. The van der Waals surface area contributed by atoms with Crippen molar-refractivity contribution in [1.29, 1.82) is 0 Å². The molecule has 0 spiro atoms. The molecule has 0 amide bonds. The summed E-state index contributed by atoms with van der Waals surface area (Å²) in [5.41, 5.74) is 9.99. The van der Waals surface area contributed by atoms with Crippen LogP contribution in [0, 0.1) is 0 Å². The van der Waals surface area contributed by atoms with Crippen LogP contribution >= 0.6 is 0 Å². The topological polar surface area (TPSA) is 43.8 Å². The quantitative estimate of drug-likeness (QED) is 0.898. The molecular formula is C15H19N3. The minimum atomic E-state index is 0.226. The zero-order chi connectivity index (χ0) is 12.5. The summed E-state index contributed by atoms with van der Waals surface area (Å²) in [7, 11) is 0. The van der Waals surface area contributed by atoms with Gasteiger partial charge in [0.2, 0.25) is 0 Å². The largest absolute Gasteiger partial charge is 0.331 e. The van der Waals surface area contributed by atoms with E-state index in [1.807, 2.05) is 6.20 Å². The lowest BCUT2D eigenvalue weighted by Gasteiger charge is -2.09. The molecule has 3 nitrogen and oxygen atoms in total. The van der Waals surface area contributed by atoms with E-state index < -0.39 is 0 Å². The first-order valence-corrected chi connectivity index (χ1v) is 6.69. The van der Waals surface area contributed by atoms with Gasteiger partial charge < -0.3 is 10.3 Å². The van der Waals surface area contributed by atoms with Gasteiger partial charge in [-0.2, -0.15) is 0 Å². The molecule has 0 aliphatic heterocycles. The zero-order valence-electron chi connectivity index (χ0n) is 10.8. The van der Waals surface area contributed by atoms with Gasteiger partial charge in [0, 0.05) is 30.5 Å². The van der Waals surface area contributed by atoms with E-state index in [4.69, 9.17) is 5.73 Å².